The first-order valence-electron chi connectivity index (χ1n) is 9.08. The van der Waals surface area contributed by atoms with Crippen molar-refractivity contribution in [1.82, 2.24) is 14.5 Å². The number of benzene rings is 2. The summed E-state index contributed by atoms with van der Waals surface area (Å²) in [6.07, 6.45) is 1.88. The molecule has 3 heteroatoms. The molecule has 0 radical (unpaired) electrons. The molecule has 0 aliphatic carbocycles. The van der Waals surface area contributed by atoms with Crippen molar-refractivity contribution in [2.75, 3.05) is 0 Å². The largest absolute Gasteiger partial charge is 0.328 e. The SMILES string of the molecule is Cc1ccc2c3ccc(-c4ccnc(-c5ccccc5)c4)cc3n(C)c2n1. The van der Waals surface area contributed by atoms with Crippen LogP contribution in [0.3, 0.4) is 0 Å². The van der Waals surface area contributed by atoms with Gasteiger partial charge in [-0.25, -0.2) is 4.98 Å². The average Bonchev–Trinajstić information content (AvgIpc) is 3.00. The number of aryl methyl sites for hydroxylation is 2. The predicted molar refractivity (Wildman–Crippen MR) is 112 cm³/mol. The van der Waals surface area contributed by atoms with Crippen molar-refractivity contribution in [2.24, 2.45) is 7.05 Å². The van der Waals surface area contributed by atoms with Crippen LogP contribution < -0.4 is 0 Å². The molecule has 0 amide bonds. The second-order valence-electron chi connectivity index (χ2n) is 6.91. The molecule has 0 unspecified atom stereocenters. The number of pyridine rings is 2. The fourth-order valence-electron chi connectivity index (χ4n) is 3.72. The molecule has 0 aliphatic rings. The molecule has 27 heavy (non-hydrogen) atoms. The molecule has 0 N–H and O–H groups in total. The van der Waals surface area contributed by atoms with E-state index in [0.717, 1.165) is 22.6 Å². The van der Waals surface area contributed by atoms with E-state index >= 15 is 0 Å². The molecule has 0 aliphatic heterocycles. The fourth-order valence-corrected chi connectivity index (χ4v) is 3.72. The van der Waals surface area contributed by atoms with E-state index in [0.29, 0.717) is 0 Å². The zero-order chi connectivity index (χ0) is 18.4. The maximum Gasteiger partial charge on any atom is 0.140 e. The Hall–Kier alpha value is -3.46. The van der Waals surface area contributed by atoms with Gasteiger partial charge in [-0.15, -0.1) is 0 Å². The Labute approximate surface area is 157 Å². The number of hydrogen-bond acceptors (Lipinski definition) is 2. The van der Waals surface area contributed by atoms with Gasteiger partial charge in [0.1, 0.15) is 5.65 Å². The fraction of sp³-hybridized carbons (Fsp3) is 0.0833. The maximum atomic E-state index is 4.72. The molecule has 5 aromatic rings. The lowest BCUT2D eigenvalue weighted by Crippen LogP contribution is -1.91. The highest BCUT2D eigenvalue weighted by Crippen LogP contribution is 2.32. The van der Waals surface area contributed by atoms with Crippen LogP contribution in [0.15, 0.2) is 79.0 Å². The Kier molecular flexibility index (Phi) is 3.54. The van der Waals surface area contributed by atoms with E-state index in [-0.39, 0.29) is 0 Å². The number of nitrogens with zero attached hydrogens (tertiary/aromatic N) is 3. The molecule has 0 spiro atoms. The van der Waals surface area contributed by atoms with Gasteiger partial charge in [0, 0.05) is 35.3 Å². The number of fused-ring (bicyclic) bond motifs is 3. The molecule has 3 aromatic heterocycles. The van der Waals surface area contributed by atoms with E-state index in [4.69, 9.17) is 4.98 Å². The molecule has 0 bridgehead atoms. The molecular weight excluding hydrogens is 330 g/mol. The summed E-state index contributed by atoms with van der Waals surface area (Å²) in [6, 6.07) is 25.4. The van der Waals surface area contributed by atoms with Gasteiger partial charge in [0.15, 0.2) is 0 Å². The molecule has 0 saturated carbocycles. The van der Waals surface area contributed by atoms with Gasteiger partial charge in [-0.3, -0.25) is 4.98 Å². The lowest BCUT2D eigenvalue weighted by atomic mass is 10.0. The first-order valence-corrected chi connectivity index (χ1v) is 9.08. The third-order valence-corrected chi connectivity index (χ3v) is 5.14. The van der Waals surface area contributed by atoms with Gasteiger partial charge in [-0.1, -0.05) is 42.5 Å². The standard InChI is InChI=1S/C24H19N3/c1-16-8-10-21-20-11-9-18(15-23(20)27(2)24(21)26-16)19-12-13-25-22(14-19)17-6-4-3-5-7-17/h3-15H,1-2H3. The second-order valence-corrected chi connectivity index (χ2v) is 6.91. The first-order chi connectivity index (χ1) is 13.2. The van der Waals surface area contributed by atoms with Crippen LogP contribution in [0.5, 0.6) is 0 Å². The summed E-state index contributed by atoms with van der Waals surface area (Å²) in [6.45, 7) is 2.03. The summed E-state index contributed by atoms with van der Waals surface area (Å²) in [5.41, 5.74) is 7.73. The quantitative estimate of drug-likeness (QED) is 0.405. The molecule has 0 fully saturated rings. The normalized spacial score (nSPS) is 11.3. The van der Waals surface area contributed by atoms with E-state index < -0.39 is 0 Å². The molecule has 3 heterocycles. The van der Waals surface area contributed by atoms with Crippen molar-refractivity contribution in [3.05, 3.63) is 84.7 Å². The number of rotatable bonds is 2. The maximum absolute atomic E-state index is 4.72. The van der Waals surface area contributed by atoms with Crippen molar-refractivity contribution >= 4 is 21.9 Å². The minimum absolute atomic E-state index is 0.988. The summed E-state index contributed by atoms with van der Waals surface area (Å²) in [7, 11) is 2.09. The minimum atomic E-state index is 0.988. The van der Waals surface area contributed by atoms with Crippen molar-refractivity contribution in [1.29, 1.82) is 0 Å². The van der Waals surface area contributed by atoms with Gasteiger partial charge in [0.2, 0.25) is 0 Å². The molecule has 130 valence electrons. The monoisotopic (exact) mass is 349 g/mol. The molecule has 0 atom stereocenters. The van der Waals surface area contributed by atoms with Gasteiger partial charge in [-0.2, -0.15) is 0 Å². The van der Waals surface area contributed by atoms with E-state index in [1.165, 1.54) is 27.4 Å². The summed E-state index contributed by atoms with van der Waals surface area (Å²) in [5, 5.41) is 2.44. The van der Waals surface area contributed by atoms with Crippen LogP contribution in [-0.4, -0.2) is 14.5 Å². The summed E-state index contributed by atoms with van der Waals surface area (Å²) >= 11 is 0. The highest BCUT2D eigenvalue weighted by Gasteiger charge is 2.11. The van der Waals surface area contributed by atoms with E-state index in [1.807, 2.05) is 31.3 Å². The zero-order valence-electron chi connectivity index (χ0n) is 15.3. The van der Waals surface area contributed by atoms with Crippen molar-refractivity contribution in [3.8, 4) is 22.4 Å². The van der Waals surface area contributed by atoms with Crippen LogP contribution in [0.25, 0.3) is 44.3 Å². The summed E-state index contributed by atoms with van der Waals surface area (Å²) in [5.74, 6) is 0. The van der Waals surface area contributed by atoms with Crippen LogP contribution >= 0.6 is 0 Å². The van der Waals surface area contributed by atoms with Crippen molar-refractivity contribution < 1.29 is 0 Å². The Morgan fingerprint density at radius 2 is 1.52 bits per heavy atom. The average molecular weight is 349 g/mol. The lowest BCUT2D eigenvalue weighted by Gasteiger charge is -2.06. The number of aromatic nitrogens is 3. The topological polar surface area (TPSA) is 30.7 Å². The predicted octanol–water partition coefficient (Wildman–Crippen LogP) is 5.76. The zero-order valence-corrected chi connectivity index (χ0v) is 15.3. The highest BCUT2D eigenvalue weighted by atomic mass is 15.0. The molecule has 0 saturated heterocycles. The van der Waals surface area contributed by atoms with E-state index in [1.54, 1.807) is 0 Å². The van der Waals surface area contributed by atoms with Crippen molar-refractivity contribution in [2.45, 2.75) is 6.92 Å². The molecular formula is C24H19N3. The van der Waals surface area contributed by atoms with Crippen LogP contribution in [0, 0.1) is 6.92 Å². The van der Waals surface area contributed by atoms with Crippen LogP contribution in [0.2, 0.25) is 0 Å². The van der Waals surface area contributed by atoms with Gasteiger partial charge in [0.25, 0.3) is 0 Å². The lowest BCUT2D eigenvalue weighted by molar-refractivity contribution is 0.982. The molecule has 5 rings (SSSR count). The molecule has 3 nitrogen and oxygen atoms in total. The number of hydrogen-bond donors (Lipinski definition) is 0. The Morgan fingerprint density at radius 3 is 2.37 bits per heavy atom. The molecule has 2 aromatic carbocycles. The van der Waals surface area contributed by atoms with E-state index in [2.05, 4.69) is 71.2 Å². The third kappa shape index (κ3) is 2.59. The van der Waals surface area contributed by atoms with Crippen LogP contribution in [0.1, 0.15) is 5.69 Å². The van der Waals surface area contributed by atoms with Gasteiger partial charge in [0.05, 0.1) is 11.2 Å². The Balaban J connectivity index is 1.68. The van der Waals surface area contributed by atoms with E-state index in [9.17, 15) is 0 Å². The van der Waals surface area contributed by atoms with Crippen LogP contribution in [-0.2, 0) is 7.05 Å². The van der Waals surface area contributed by atoms with Crippen LogP contribution in [0.4, 0.5) is 0 Å². The van der Waals surface area contributed by atoms with Crippen molar-refractivity contribution in [3.63, 3.8) is 0 Å². The first kappa shape index (κ1) is 15.8. The summed E-state index contributed by atoms with van der Waals surface area (Å²) in [4.78, 5) is 9.27. The van der Waals surface area contributed by atoms with Gasteiger partial charge in [-0.05, 0) is 48.4 Å². The van der Waals surface area contributed by atoms with Gasteiger partial charge >= 0.3 is 0 Å². The second kappa shape index (κ2) is 6.06. The highest BCUT2D eigenvalue weighted by molar-refractivity contribution is 6.07. The Bertz CT molecular complexity index is 1280. The third-order valence-electron chi connectivity index (χ3n) is 5.14. The minimum Gasteiger partial charge on any atom is -0.328 e. The van der Waals surface area contributed by atoms with Gasteiger partial charge < -0.3 is 4.57 Å². The summed E-state index contributed by atoms with van der Waals surface area (Å²) < 4.78 is 2.18. The Morgan fingerprint density at radius 1 is 0.741 bits per heavy atom. The smallest absolute Gasteiger partial charge is 0.140 e.